The maximum Gasteiger partial charge on any atom is 0.348 e. The third kappa shape index (κ3) is 4.33. The number of H-pyrrole nitrogens is 1. The number of carbonyl (C=O) groups is 2. The Morgan fingerprint density at radius 2 is 2.00 bits per heavy atom. The Balaban J connectivity index is 1.76. The van der Waals surface area contributed by atoms with Gasteiger partial charge in [-0.25, -0.2) is 23.9 Å². The Morgan fingerprint density at radius 1 is 1.21 bits per heavy atom. The molecule has 0 unspecified atom stereocenters. The largest absolute Gasteiger partial charge is 0.465 e. The maximum atomic E-state index is 14.6. The number of hydrogen-bond acceptors (Lipinski definition) is 9. The van der Waals surface area contributed by atoms with E-state index in [1.54, 1.807) is 26.0 Å². The number of halogens is 1. The summed E-state index contributed by atoms with van der Waals surface area (Å²) in [6.45, 7) is 3.56. The average Bonchev–Trinajstić information content (AvgIpc) is 3.16. The van der Waals surface area contributed by atoms with E-state index < -0.39 is 23.3 Å². The zero-order valence-electron chi connectivity index (χ0n) is 17.9. The second-order valence-corrected chi connectivity index (χ2v) is 8.92. The fraction of sp³-hybridized carbons (Fsp3) is 0.227. The van der Waals surface area contributed by atoms with Crippen molar-refractivity contribution in [3.63, 3.8) is 0 Å². The van der Waals surface area contributed by atoms with Crippen molar-refractivity contribution in [1.82, 2.24) is 15.0 Å². The molecular formula is C22H18FN3O5S2. The number of ether oxygens (including phenoxy) is 2. The molecule has 0 saturated carbocycles. The van der Waals surface area contributed by atoms with Gasteiger partial charge in [0.2, 0.25) is 0 Å². The summed E-state index contributed by atoms with van der Waals surface area (Å²) in [6, 6.07) is 6.10. The predicted molar refractivity (Wildman–Crippen MR) is 124 cm³/mol. The lowest BCUT2D eigenvalue weighted by atomic mass is 10.1. The van der Waals surface area contributed by atoms with Gasteiger partial charge in [-0.05, 0) is 37.6 Å². The second-order valence-electron chi connectivity index (χ2n) is 6.90. The number of aryl methyl sites for hydroxylation is 1. The van der Waals surface area contributed by atoms with Crippen LogP contribution < -0.4 is 5.56 Å². The summed E-state index contributed by atoms with van der Waals surface area (Å²) in [7, 11) is 1.22. The van der Waals surface area contributed by atoms with Gasteiger partial charge in [0, 0.05) is 21.5 Å². The van der Waals surface area contributed by atoms with Crippen LogP contribution in [0, 0.1) is 12.7 Å². The number of aromatic nitrogens is 3. The second kappa shape index (κ2) is 9.28. The molecule has 0 aliphatic carbocycles. The summed E-state index contributed by atoms with van der Waals surface area (Å²) in [5.41, 5.74) is 0.566. The first-order valence-corrected chi connectivity index (χ1v) is 11.6. The van der Waals surface area contributed by atoms with E-state index in [0.717, 1.165) is 23.1 Å². The summed E-state index contributed by atoms with van der Waals surface area (Å²) in [5, 5.41) is 0.575. The number of fused-ring (bicyclic) bond motifs is 2. The molecule has 1 N–H and O–H groups in total. The first kappa shape index (κ1) is 22.9. The Hall–Kier alpha value is -3.31. The van der Waals surface area contributed by atoms with Gasteiger partial charge in [-0.3, -0.25) is 4.79 Å². The molecule has 0 fully saturated rings. The molecular weight excluding hydrogens is 469 g/mol. The van der Waals surface area contributed by atoms with Crippen molar-refractivity contribution in [2.24, 2.45) is 0 Å². The lowest BCUT2D eigenvalue weighted by molar-refractivity contribution is 0.0530. The van der Waals surface area contributed by atoms with Crippen molar-refractivity contribution in [3.05, 3.63) is 62.1 Å². The van der Waals surface area contributed by atoms with Crippen LogP contribution in [0.3, 0.4) is 0 Å². The molecule has 0 amide bonds. The van der Waals surface area contributed by atoms with E-state index >= 15 is 0 Å². The van der Waals surface area contributed by atoms with Crippen LogP contribution in [0.4, 0.5) is 4.39 Å². The first-order valence-electron chi connectivity index (χ1n) is 9.83. The van der Waals surface area contributed by atoms with Crippen LogP contribution in [-0.2, 0) is 15.2 Å². The van der Waals surface area contributed by atoms with Crippen LogP contribution in [0.15, 0.2) is 34.2 Å². The van der Waals surface area contributed by atoms with Crippen molar-refractivity contribution in [1.29, 1.82) is 0 Å². The maximum absolute atomic E-state index is 14.6. The van der Waals surface area contributed by atoms with Gasteiger partial charge in [-0.15, -0.1) is 11.3 Å². The number of pyridine rings is 1. The van der Waals surface area contributed by atoms with E-state index in [9.17, 15) is 18.8 Å². The van der Waals surface area contributed by atoms with Crippen LogP contribution in [0.5, 0.6) is 0 Å². The highest BCUT2D eigenvalue weighted by Crippen LogP contribution is 2.37. The Labute approximate surface area is 195 Å². The average molecular weight is 488 g/mol. The van der Waals surface area contributed by atoms with Crippen LogP contribution in [0.25, 0.3) is 21.1 Å². The van der Waals surface area contributed by atoms with Crippen LogP contribution in [-0.4, -0.2) is 40.6 Å². The van der Waals surface area contributed by atoms with Gasteiger partial charge < -0.3 is 14.5 Å². The Bertz CT molecular complexity index is 1460. The van der Waals surface area contributed by atoms with Crippen molar-refractivity contribution < 1.29 is 23.5 Å². The number of thiophene rings is 1. The molecule has 11 heteroatoms. The number of esters is 2. The van der Waals surface area contributed by atoms with E-state index in [1.165, 1.54) is 19.2 Å². The molecule has 1 aromatic carbocycles. The van der Waals surface area contributed by atoms with Crippen molar-refractivity contribution >= 4 is 56.2 Å². The molecule has 0 spiro atoms. The highest BCUT2D eigenvalue weighted by molar-refractivity contribution is 7.98. The molecule has 3 heterocycles. The predicted octanol–water partition coefficient (Wildman–Crippen LogP) is 4.24. The molecule has 0 aliphatic heterocycles. The molecule has 33 heavy (non-hydrogen) atoms. The molecule has 8 nitrogen and oxygen atoms in total. The number of nitrogens with one attached hydrogen (secondary N) is 1. The fourth-order valence-corrected chi connectivity index (χ4v) is 5.50. The standard InChI is InChI=1S/C22H18FN3O5S2/c1-4-31-21(29)17-12(15-13(23)6-5-7-14(15)33-17)9-32-22-25-18-16(19(27)26-22)11(20(28)30-3)8-10(2)24-18/h5-8H,4,9H2,1-3H3,(H,24,25,26,27). The summed E-state index contributed by atoms with van der Waals surface area (Å²) >= 11 is 2.27. The molecule has 0 radical (unpaired) electrons. The lowest BCUT2D eigenvalue weighted by Gasteiger charge is -2.08. The summed E-state index contributed by atoms with van der Waals surface area (Å²) in [5.74, 6) is -1.50. The van der Waals surface area contributed by atoms with E-state index in [4.69, 9.17) is 9.47 Å². The lowest BCUT2D eigenvalue weighted by Crippen LogP contribution is -2.16. The molecule has 4 aromatic rings. The van der Waals surface area contributed by atoms with Crippen LogP contribution in [0.1, 0.15) is 38.2 Å². The smallest absolute Gasteiger partial charge is 0.348 e. The zero-order valence-corrected chi connectivity index (χ0v) is 19.5. The molecule has 170 valence electrons. The van der Waals surface area contributed by atoms with Gasteiger partial charge in [-0.2, -0.15) is 0 Å². The highest BCUT2D eigenvalue weighted by atomic mass is 32.2. The number of thioether (sulfide) groups is 1. The third-order valence-electron chi connectivity index (χ3n) is 4.77. The molecule has 4 rings (SSSR count). The summed E-state index contributed by atoms with van der Waals surface area (Å²) < 4.78 is 25.1. The number of carbonyl (C=O) groups excluding carboxylic acids is 2. The zero-order chi connectivity index (χ0) is 23.7. The normalized spacial score (nSPS) is 11.2. The Kier molecular flexibility index (Phi) is 6.43. The minimum Gasteiger partial charge on any atom is -0.465 e. The number of hydrogen-bond donors (Lipinski definition) is 1. The SMILES string of the molecule is CCOC(=O)c1sc2cccc(F)c2c1CSc1nc2nc(C)cc(C(=O)OC)c2c(=O)[nH]1. The molecule has 3 aromatic heterocycles. The van der Waals surface area contributed by atoms with E-state index in [-0.39, 0.29) is 34.1 Å². The molecule has 0 aliphatic rings. The van der Waals surface area contributed by atoms with Gasteiger partial charge in [-0.1, -0.05) is 17.8 Å². The van der Waals surface area contributed by atoms with Gasteiger partial charge >= 0.3 is 11.9 Å². The van der Waals surface area contributed by atoms with Crippen LogP contribution >= 0.6 is 23.1 Å². The number of rotatable bonds is 6. The van der Waals surface area contributed by atoms with Gasteiger partial charge in [0.1, 0.15) is 10.7 Å². The summed E-state index contributed by atoms with van der Waals surface area (Å²) in [4.78, 5) is 48.9. The molecule has 0 saturated heterocycles. The van der Waals surface area contributed by atoms with E-state index in [2.05, 4.69) is 15.0 Å². The highest BCUT2D eigenvalue weighted by Gasteiger charge is 2.23. The quantitative estimate of drug-likeness (QED) is 0.244. The fourth-order valence-electron chi connectivity index (χ4n) is 3.39. The number of methoxy groups -OCH3 is 1. The third-order valence-corrected chi connectivity index (χ3v) is 6.84. The number of nitrogens with zero attached hydrogens (tertiary/aromatic N) is 2. The van der Waals surface area contributed by atoms with E-state index in [1.807, 2.05) is 0 Å². The summed E-state index contributed by atoms with van der Waals surface area (Å²) in [6.07, 6.45) is 0. The van der Waals surface area contributed by atoms with Crippen molar-refractivity contribution in [2.45, 2.75) is 24.8 Å². The topological polar surface area (TPSA) is 111 Å². The number of benzene rings is 1. The Morgan fingerprint density at radius 3 is 2.73 bits per heavy atom. The first-order chi connectivity index (χ1) is 15.8. The van der Waals surface area contributed by atoms with Crippen molar-refractivity contribution in [2.75, 3.05) is 13.7 Å². The minimum atomic E-state index is -0.669. The van der Waals surface area contributed by atoms with Crippen molar-refractivity contribution in [3.8, 4) is 0 Å². The minimum absolute atomic E-state index is 0.0241. The van der Waals surface area contributed by atoms with Crippen LogP contribution in [0.2, 0.25) is 0 Å². The van der Waals surface area contributed by atoms with Gasteiger partial charge in [0.25, 0.3) is 5.56 Å². The molecule has 0 bridgehead atoms. The monoisotopic (exact) mass is 487 g/mol. The number of aromatic amines is 1. The molecule has 0 atom stereocenters. The van der Waals surface area contributed by atoms with E-state index in [0.29, 0.717) is 26.2 Å². The van der Waals surface area contributed by atoms with Gasteiger partial charge in [0.05, 0.1) is 24.7 Å². The van der Waals surface area contributed by atoms with Gasteiger partial charge in [0.15, 0.2) is 10.8 Å².